The van der Waals surface area contributed by atoms with Crippen molar-refractivity contribution in [3.8, 4) is 5.69 Å². The molecule has 1 aromatic carbocycles. The van der Waals surface area contributed by atoms with Gasteiger partial charge in [0.1, 0.15) is 5.52 Å². The molecule has 0 unspecified atom stereocenters. The molecule has 2 N–H and O–H groups in total. The van der Waals surface area contributed by atoms with Gasteiger partial charge in [-0.1, -0.05) is 29.8 Å². The van der Waals surface area contributed by atoms with E-state index >= 15 is 0 Å². The number of nitrogen functional groups attached to an aromatic ring is 1. The molecule has 1 saturated heterocycles. The Morgan fingerprint density at radius 1 is 1.09 bits per heavy atom. The molecule has 0 spiro atoms. The Balaban J connectivity index is 1.60. The molecule has 1 atom stereocenters. The predicted molar refractivity (Wildman–Crippen MR) is 120 cm³/mol. The number of hydrogen-bond acceptors (Lipinski definition) is 7. The maximum absolute atomic E-state index is 13.6. The molecule has 0 radical (unpaired) electrons. The number of nitrogens with zero attached hydrogens (tertiary/aromatic N) is 8. The van der Waals surface area contributed by atoms with E-state index in [1.54, 1.807) is 38.1 Å². The lowest BCUT2D eigenvalue weighted by Gasteiger charge is -2.27. The van der Waals surface area contributed by atoms with Gasteiger partial charge in [0.15, 0.2) is 11.5 Å². The van der Waals surface area contributed by atoms with Gasteiger partial charge in [-0.05, 0) is 31.0 Å². The number of hydrogen-bond donors (Lipinski definition) is 1. The van der Waals surface area contributed by atoms with Crippen LogP contribution in [0, 0.1) is 0 Å². The standard InChI is InChI=1S/C21H18ClN9O/c22-14-9-12-29-17(14)19(32)30(13-5-2-1-3-6-13)18(27-29)15-7-4-11-28(15)21-26-20(23)25-16-8-10-24-31(16)21/h1-3,5-6,8-10,12,15H,4,7,11H2,(H2,23,25)/t15-/m0/s1. The van der Waals surface area contributed by atoms with Gasteiger partial charge in [-0.2, -0.15) is 24.7 Å². The Bertz CT molecular complexity index is 1520. The van der Waals surface area contributed by atoms with Crippen LogP contribution < -0.4 is 16.2 Å². The van der Waals surface area contributed by atoms with Crippen molar-refractivity contribution in [2.45, 2.75) is 18.9 Å². The zero-order valence-corrected chi connectivity index (χ0v) is 17.6. The van der Waals surface area contributed by atoms with E-state index in [0.29, 0.717) is 34.5 Å². The van der Waals surface area contributed by atoms with Crippen molar-refractivity contribution in [2.75, 3.05) is 17.2 Å². The second kappa shape index (κ2) is 7.06. The molecule has 0 amide bonds. The number of halogens is 1. The summed E-state index contributed by atoms with van der Waals surface area (Å²) in [4.78, 5) is 24.4. The summed E-state index contributed by atoms with van der Waals surface area (Å²) >= 11 is 6.32. The van der Waals surface area contributed by atoms with E-state index in [2.05, 4.69) is 20.0 Å². The smallest absolute Gasteiger partial charge is 0.284 e. The molecule has 0 bridgehead atoms. The molecule has 0 saturated carbocycles. The van der Waals surface area contributed by atoms with E-state index < -0.39 is 0 Å². The summed E-state index contributed by atoms with van der Waals surface area (Å²) in [6.45, 7) is 0.714. The Hall–Kier alpha value is -3.92. The first-order valence-corrected chi connectivity index (χ1v) is 10.6. The van der Waals surface area contributed by atoms with Crippen LogP contribution in [0.3, 0.4) is 0 Å². The molecule has 11 heteroatoms. The minimum Gasteiger partial charge on any atom is -0.368 e. The molecule has 1 fully saturated rings. The average Bonchev–Trinajstić information content (AvgIpc) is 3.53. The van der Waals surface area contributed by atoms with Crippen molar-refractivity contribution in [1.29, 1.82) is 0 Å². The fourth-order valence-electron chi connectivity index (χ4n) is 4.38. The third kappa shape index (κ3) is 2.76. The molecule has 1 aliphatic heterocycles. The first-order valence-electron chi connectivity index (χ1n) is 10.2. The molecular formula is C21H18ClN9O. The zero-order valence-electron chi connectivity index (χ0n) is 16.8. The van der Waals surface area contributed by atoms with Crippen molar-refractivity contribution in [2.24, 2.45) is 0 Å². The van der Waals surface area contributed by atoms with Crippen LogP contribution in [0.5, 0.6) is 0 Å². The van der Waals surface area contributed by atoms with Gasteiger partial charge in [-0.25, -0.2) is 4.52 Å². The van der Waals surface area contributed by atoms with Crippen LogP contribution >= 0.6 is 11.6 Å². The van der Waals surface area contributed by atoms with Gasteiger partial charge >= 0.3 is 0 Å². The van der Waals surface area contributed by atoms with Crippen LogP contribution in [0.15, 0.2) is 59.7 Å². The van der Waals surface area contributed by atoms with Gasteiger partial charge in [-0.3, -0.25) is 9.36 Å². The first-order chi connectivity index (χ1) is 15.6. The van der Waals surface area contributed by atoms with E-state index in [1.165, 1.54) is 0 Å². The summed E-state index contributed by atoms with van der Waals surface area (Å²) in [7, 11) is 0. The fraction of sp³-hybridized carbons (Fsp3) is 0.190. The topological polar surface area (TPSA) is 112 Å². The van der Waals surface area contributed by atoms with Crippen LogP contribution in [0.4, 0.5) is 11.9 Å². The molecule has 6 rings (SSSR count). The number of fused-ring (bicyclic) bond motifs is 2. The highest BCUT2D eigenvalue weighted by atomic mass is 35.5. The number of benzene rings is 1. The molecule has 10 nitrogen and oxygen atoms in total. The van der Waals surface area contributed by atoms with E-state index in [4.69, 9.17) is 22.4 Å². The zero-order chi connectivity index (χ0) is 21.8. The van der Waals surface area contributed by atoms with Gasteiger partial charge in [-0.15, -0.1) is 0 Å². The van der Waals surface area contributed by atoms with Crippen LogP contribution in [0.1, 0.15) is 24.7 Å². The highest BCUT2D eigenvalue weighted by Crippen LogP contribution is 2.35. The number of rotatable bonds is 3. The van der Waals surface area contributed by atoms with Crippen molar-refractivity contribution >= 4 is 34.7 Å². The number of nitrogens with two attached hydrogens (primary N) is 1. The van der Waals surface area contributed by atoms with E-state index in [9.17, 15) is 4.79 Å². The molecule has 160 valence electrons. The van der Waals surface area contributed by atoms with Crippen molar-refractivity contribution in [3.63, 3.8) is 0 Å². The van der Waals surface area contributed by atoms with Gasteiger partial charge in [0.25, 0.3) is 5.56 Å². The predicted octanol–water partition coefficient (Wildman–Crippen LogP) is 2.50. The van der Waals surface area contributed by atoms with Crippen LogP contribution in [-0.2, 0) is 0 Å². The van der Waals surface area contributed by atoms with E-state index in [-0.39, 0.29) is 17.5 Å². The molecule has 1 aliphatic rings. The summed E-state index contributed by atoms with van der Waals surface area (Å²) in [5.41, 5.74) is 7.42. The molecule has 4 aromatic heterocycles. The lowest BCUT2D eigenvalue weighted by Crippen LogP contribution is -2.34. The second-order valence-electron chi connectivity index (χ2n) is 7.63. The van der Waals surface area contributed by atoms with Gasteiger partial charge < -0.3 is 10.6 Å². The quantitative estimate of drug-likeness (QED) is 0.452. The van der Waals surface area contributed by atoms with Gasteiger partial charge in [0.2, 0.25) is 11.9 Å². The van der Waals surface area contributed by atoms with Crippen molar-refractivity contribution in [1.82, 2.24) is 33.8 Å². The summed E-state index contributed by atoms with van der Waals surface area (Å²) in [5, 5.41) is 9.56. The second-order valence-corrected chi connectivity index (χ2v) is 8.03. The van der Waals surface area contributed by atoms with E-state index in [1.807, 2.05) is 30.3 Å². The minimum atomic E-state index is -0.227. The summed E-state index contributed by atoms with van der Waals surface area (Å²) < 4.78 is 4.84. The molecule has 5 aromatic rings. The summed E-state index contributed by atoms with van der Waals surface area (Å²) in [6, 6.07) is 12.7. The first kappa shape index (κ1) is 18.8. The van der Waals surface area contributed by atoms with Gasteiger partial charge in [0.05, 0.1) is 22.9 Å². The van der Waals surface area contributed by atoms with Crippen LogP contribution in [-0.4, -0.2) is 40.3 Å². The Morgan fingerprint density at radius 2 is 1.94 bits per heavy atom. The maximum atomic E-state index is 13.6. The van der Waals surface area contributed by atoms with Crippen LogP contribution in [0.25, 0.3) is 16.9 Å². The Morgan fingerprint density at radius 3 is 2.78 bits per heavy atom. The molecule has 5 heterocycles. The molecular weight excluding hydrogens is 430 g/mol. The highest BCUT2D eigenvalue weighted by Gasteiger charge is 2.34. The number of anilines is 2. The third-order valence-corrected chi connectivity index (χ3v) is 6.05. The monoisotopic (exact) mass is 447 g/mol. The maximum Gasteiger partial charge on any atom is 0.284 e. The SMILES string of the molecule is Nc1nc(N2CCC[C@H]2c2nn3ccc(Cl)c3c(=O)n2-c2ccccc2)n2nccc2n1. The normalized spacial score (nSPS) is 16.4. The highest BCUT2D eigenvalue weighted by molar-refractivity contribution is 6.33. The number of para-hydroxylation sites is 1. The van der Waals surface area contributed by atoms with E-state index in [0.717, 1.165) is 18.5 Å². The average molecular weight is 448 g/mol. The Kier molecular flexibility index (Phi) is 4.15. The summed E-state index contributed by atoms with van der Waals surface area (Å²) in [5.74, 6) is 1.33. The summed E-state index contributed by atoms with van der Waals surface area (Å²) in [6.07, 6.45) is 5.04. The lowest BCUT2D eigenvalue weighted by molar-refractivity contribution is 0.591. The van der Waals surface area contributed by atoms with Gasteiger partial charge in [0, 0.05) is 18.8 Å². The Labute approximate surface area is 186 Å². The largest absolute Gasteiger partial charge is 0.368 e. The van der Waals surface area contributed by atoms with Crippen molar-refractivity contribution < 1.29 is 0 Å². The fourth-order valence-corrected chi connectivity index (χ4v) is 4.60. The third-order valence-electron chi connectivity index (χ3n) is 5.74. The molecule has 0 aliphatic carbocycles. The lowest BCUT2D eigenvalue weighted by atomic mass is 10.2. The minimum absolute atomic E-state index is 0.166. The number of aromatic nitrogens is 7. The van der Waals surface area contributed by atoms with Crippen LogP contribution in [0.2, 0.25) is 5.02 Å². The molecule has 32 heavy (non-hydrogen) atoms. The van der Waals surface area contributed by atoms with Crippen molar-refractivity contribution in [3.05, 3.63) is 76.1 Å².